The van der Waals surface area contributed by atoms with Gasteiger partial charge in [0.15, 0.2) is 0 Å². The Balaban J connectivity index is 2.23. The lowest BCUT2D eigenvalue weighted by atomic mass is 10.0. The number of rotatable bonds is 0. The van der Waals surface area contributed by atoms with Crippen LogP contribution in [0.4, 0.5) is 0 Å². The standard InChI is InChI=1S/C6H10Br2/c7-5-2-1-3-6(8)4-5/h5-6H,1-4H2/t5-,6+. The van der Waals surface area contributed by atoms with E-state index in [9.17, 15) is 0 Å². The van der Waals surface area contributed by atoms with Gasteiger partial charge in [0.2, 0.25) is 0 Å². The highest BCUT2D eigenvalue weighted by Crippen LogP contribution is 2.28. The molecule has 0 aliphatic heterocycles. The second kappa shape index (κ2) is 3.21. The highest BCUT2D eigenvalue weighted by atomic mass is 79.9. The first-order valence-electron chi connectivity index (χ1n) is 3.07. The fourth-order valence-corrected chi connectivity index (χ4v) is 3.13. The summed E-state index contributed by atoms with van der Waals surface area (Å²) in [6.45, 7) is 0. The van der Waals surface area contributed by atoms with E-state index in [0.717, 1.165) is 9.65 Å². The fourth-order valence-electron chi connectivity index (χ4n) is 1.07. The van der Waals surface area contributed by atoms with Crippen LogP contribution in [0.1, 0.15) is 25.7 Å². The summed E-state index contributed by atoms with van der Waals surface area (Å²) in [7, 11) is 0. The van der Waals surface area contributed by atoms with Crippen molar-refractivity contribution < 1.29 is 0 Å². The third-order valence-corrected chi connectivity index (χ3v) is 3.21. The monoisotopic (exact) mass is 240 g/mol. The molecule has 0 amide bonds. The summed E-state index contributed by atoms with van der Waals surface area (Å²) in [4.78, 5) is 1.56. The second-order valence-corrected chi connectivity index (χ2v) is 4.95. The number of halogens is 2. The van der Waals surface area contributed by atoms with E-state index in [1.807, 2.05) is 0 Å². The third kappa shape index (κ3) is 2.06. The average molecular weight is 242 g/mol. The fraction of sp³-hybridized carbons (Fsp3) is 1.00. The Kier molecular flexibility index (Phi) is 2.84. The Morgan fingerprint density at radius 3 is 1.75 bits per heavy atom. The van der Waals surface area contributed by atoms with Gasteiger partial charge in [-0.3, -0.25) is 0 Å². The first-order valence-corrected chi connectivity index (χ1v) is 4.90. The van der Waals surface area contributed by atoms with Crippen LogP contribution >= 0.6 is 31.9 Å². The van der Waals surface area contributed by atoms with Crippen molar-refractivity contribution in [3.05, 3.63) is 0 Å². The van der Waals surface area contributed by atoms with E-state index in [0.29, 0.717) is 0 Å². The van der Waals surface area contributed by atoms with Gasteiger partial charge in [-0.1, -0.05) is 38.3 Å². The van der Waals surface area contributed by atoms with E-state index in [4.69, 9.17) is 0 Å². The van der Waals surface area contributed by atoms with Gasteiger partial charge in [0, 0.05) is 9.65 Å². The summed E-state index contributed by atoms with van der Waals surface area (Å²) >= 11 is 7.20. The lowest BCUT2D eigenvalue weighted by molar-refractivity contribution is 0.539. The summed E-state index contributed by atoms with van der Waals surface area (Å²) in [6.07, 6.45) is 5.41. The molecule has 2 heteroatoms. The van der Waals surface area contributed by atoms with Crippen molar-refractivity contribution in [2.24, 2.45) is 0 Å². The summed E-state index contributed by atoms with van der Waals surface area (Å²) in [5.74, 6) is 0. The third-order valence-electron chi connectivity index (χ3n) is 1.55. The quantitative estimate of drug-likeness (QED) is 0.572. The van der Waals surface area contributed by atoms with Gasteiger partial charge in [0.1, 0.15) is 0 Å². The van der Waals surface area contributed by atoms with Crippen LogP contribution in [0.2, 0.25) is 0 Å². The zero-order valence-corrected chi connectivity index (χ0v) is 7.91. The summed E-state index contributed by atoms with van der Waals surface area (Å²) in [6, 6.07) is 0. The molecule has 8 heavy (non-hydrogen) atoms. The van der Waals surface area contributed by atoms with Crippen LogP contribution in [0.25, 0.3) is 0 Å². The molecule has 1 rings (SSSR count). The normalized spacial score (nSPS) is 39.8. The van der Waals surface area contributed by atoms with Gasteiger partial charge in [-0.2, -0.15) is 0 Å². The maximum Gasteiger partial charge on any atom is 0.0156 e. The molecule has 0 bridgehead atoms. The van der Waals surface area contributed by atoms with Crippen LogP contribution in [-0.4, -0.2) is 9.65 Å². The Bertz CT molecular complexity index is 64.9. The summed E-state index contributed by atoms with van der Waals surface area (Å²) in [5.41, 5.74) is 0. The van der Waals surface area contributed by atoms with Crippen molar-refractivity contribution in [3.63, 3.8) is 0 Å². The number of alkyl halides is 2. The minimum absolute atomic E-state index is 0.778. The number of hydrogen-bond acceptors (Lipinski definition) is 0. The summed E-state index contributed by atoms with van der Waals surface area (Å²) in [5, 5.41) is 0. The molecular formula is C6H10Br2. The van der Waals surface area contributed by atoms with E-state index in [1.165, 1.54) is 25.7 Å². The molecule has 2 atom stereocenters. The van der Waals surface area contributed by atoms with Crippen LogP contribution in [0.15, 0.2) is 0 Å². The SMILES string of the molecule is Br[C@@H]1CCC[C@H](Br)C1. The van der Waals surface area contributed by atoms with Crippen LogP contribution in [0, 0.1) is 0 Å². The number of hydrogen-bond donors (Lipinski definition) is 0. The maximum absolute atomic E-state index is 3.60. The lowest BCUT2D eigenvalue weighted by Crippen LogP contribution is -2.13. The zero-order chi connectivity index (χ0) is 5.98. The van der Waals surface area contributed by atoms with E-state index in [1.54, 1.807) is 0 Å². The van der Waals surface area contributed by atoms with Crippen molar-refractivity contribution >= 4 is 31.9 Å². The topological polar surface area (TPSA) is 0 Å². The first-order chi connectivity index (χ1) is 3.79. The first kappa shape index (κ1) is 7.07. The predicted molar refractivity (Wildman–Crippen MR) is 43.9 cm³/mol. The minimum Gasteiger partial charge on any atom is -0.0890 e. The molecule has 1 aliphatic rings. The minimum atomic E-state index is 0.778. The molecule has 0 radical (unpaired) electrons. The largest absolute Gasteiger partial charge is 0.0890 e. The van der Waals surface area contributed by atoms with Crippen molar-refractivity contribution in [1.29, 1.82) is 0 Å². The molecule has 0 aromatic carbocycles. The van der Waals surface area contributed by atoms with Crippen molar-refractivity contribution in [2.45, 2.75) is 35.3 Å². The van der Waals surface area contributed by atoms with Gasteiger partial charge < -0.3 is 0 Å². The van der Waals surface area contributed by atoms with Crippen LogP contribution in [-0.2, 0) is 0 Å². The molecule has 0 unspecified atom stereocenters. The molecule has 0 aromatic heterocycles. The lowest BCUT2D eigenvalue weighted by Gasteiger charge is -2.20. The highest BCUT2D eigenvalue weighted by molar-refractivity contribution is 9.10. The molecule has 48 valence electrons. The van der Waals surface area contributed by atoms with Crippen LogP contribution in [0.5, 0.6) is 0 Å². The van der Waals surface area contributed by atoms with E-state index < -0.39 is 0 Å². The van der Waals surface area contributed by atoms with Crippen molar-refractivity contribution in [1.82, 2.24) is 0 Å². The molecule has 1 aliphatic carbocycles. The van der Waals surface area contributed by atoms with Gasteiger partial charge >= 0.3 is 0 Å². The smallest absolute Gasteiger partial charge is 0.0156 e. The molecule has 0 heterocycles. The molecule has 0 N–H and O–H groups in total. The molecule has 0 nitrogen and oxygen atoms in total. The Morgan fingerprint density at radius 2 is 1.50 bits per heavy atom. The van der Waals surface area contributed by atoms with Gasteiger partial charge in [-0.15, -0.1) is 0 Å². The van der Waals surface area contributed by atoms with Crippen molar-refractivity contribution in [3.8, 4) is 0 Å². The van der Waals surface area contributed by atoms with Gasteiger partial charge in [0.05, 0.1) is 0 Å². The Hall–Kier alpha value is 0.960. The van der Waals surface area contributed by atoms with Crippen molar-refractivity contribution in [2.75, 3.05) is 0 Å². The van der Waals surface area contributed by atoms with Gasteiger partial charge in [0.25, 0.3) is 0 Å². The molecule has 1 saturated carbocycles. The average Bonchev–Trinajstić information content (AvgIpc) is 1.64. The molecule has 0 saturated heterocycles. The highest BCUT2D eigenvalue weighted by Gasteiger charge is 2.16. The van der Waals surface area contributed by atoms with E-state index in [2.05, 4.69) is 31.9 Å². The van der Waals surface area contributed by atoms with E-state index >= 15 is 0 Å². The predicted octanol–water partition coefficient (Wildman–Crippen LogP) is 3.09. The van der Waals surface area contributed by atoms with Crippen LogP contribution < -0.4 is 0 Å². The summed E-state index contributed by atoms with van der Waals surface area (Å²) < 4.78 is 0. The van der Waals surface area contributed by atoms with Gasteiger partial charge in [-0.25, -0.2) is 0 Å². The molecule has 0 aromatic rings. The molecule has 0 spiro atoms. The Labute approximate surface area is 67.3 Å². The Morgan fingerprint density at radius 1 is 1.00 bits per heavy atom. The van der Waals surface area contributed by atoms with Gasteiger partial charge in [-0.05, 0) is 19.3 Å². The maximum atomic E-state index is 3.60. The van der Waals surface area contributed by atoms with E-state index in [-0.39, 0.29) is 0 Å². The zero-order valence-electron chi connectivity index (χ0n) is 4.74. The second-order valence-electron chi connectivity index (χ2n) is 2.36. The van der Waals surface area contributed by atoms with Crippen LogP contribution in [0.3, 0.4) is 0 Å². The molecule has 1 fully saturated rings. The molecular weight excluding hydrogens is 232 g/mol.